The van der Waals surface area contributed by atoms with Crippen molar-refractivity contribution in [3.05, 3.63) is 33.9 Å². The number of para-hydroxylation sites is 1. The van der Waals surface area contributed by atoms with E-state index in [4.69, 9.17) is 4.74 Å². The van der Waals surface area contributed by atoms with Crippen LogP contribution >= 0.6 is 0 Å². The minimum Gasteiger partial charge on any atom is -0.380 e. The van der Waals surface area contributed by atoms with Crippen LogP contribution < -0.4 is 5.32 Å². The Kier molecular flexibility index (Phi) is 5.14. The van der Waals surface area contributed by atoms with E-state index in [0.717, 1.165) is 18.7 Å². The van der Waals surface area contributed by atoms with Crippen molar-refractivity contribution in [3.8, 4) is 0 Å². The number of ether oxygens (including phenoxy) is 1. The molecule has 1 aromatic carbocycles. The molecule has 1 saturated heterocycles. The van der Waals surface area contributed by atoms with Crippen LogP contribution in [0.25, 0.3) is 0 Å². The minimum atomic E-state index is -0.327. The number of nitro benzene ring substituents is 1. The molecule has 116 valence electrons. The average molecular weight is 293 g/mol. The van der Waals surface area contributed by atoms with Crippen molar-refractivity contribution in [3.63, 3.8) is 0 Å². The van der Waals surface area contributed by atoms with Gasteiger partial charge in [-0.3, -0.25) is 15.0 Å². The normalized spacial score (nSPS) is 23.0. The summed E-state index contributed by atoms with van der Waals surface area (Å²) in [5.41, 5.74) is 1.74. The molecule has 0 saturated carbocycles. The van der Waals surface area contributed by atoms with Crippen LogP contribution in [0.5, 0.6) is 0 Å². The van der Waals surface area contributed by atoms with E-state index >= 15 is 0 Å². The quantitative estimate of drug-likeness (QED) is 0.667. The number of hydrogen-bond donors (Lipinski definition) is 1. The van der Waals surface area contributed by atoms with Crippen LogP contribution in [-0.2, 0) is 11.3 Å². The topological polar surface area (TPSA) is 67.6 Å². The predicted molar refractivity (Wildman–Crippen MR) is 82.5 cm³/mol. The summed E-state index contributed by atoms with van der Waals surface area (Å²) in [7, 11) is 0. The van der Waals surface area contributed by atoms with Crippen LogP contribution in [0.4, 0.5) is 11.4 Å². The summed E-state index contributed by atoms with van der Waals surface area (Å²) in [5.74, 6) is 0. The molecule has 0 unspecified atom stereocenters. The Labute approximate surface area is 125 Å². The third-order valence-electron chi connectivity index (χ3n) is 3.57. The molecular weight excluding hydrogens is 270 g/mol. The largest absolute Gasteiger partial charge is 0.380 e. The van der Waals surface area contributed by atoms with Crippen LogP contribution in [0.15, 0.2) is 18.2 Å². The Morgan fingerprint density at radius 3 is 2.62 bits per heavy atom. The maximum atomic E-state index is 11.2. The number of anilines is 1. The van der Waals surface area contributed by atoms with Crippen molar-refractivity contribution < 1.29 is 9.66 Å². The van der Waals surface area contributed by atoms with Gasteiger partial charge >= 0.3 is 0 Å². The minimum absolute atomic E-state index is 0.142. The zero-order chi connectivity index (χ0) is 15.4. The smallest absolute Gasteiger partial charge is 0.292 e. The highest BCUT2D eigenvalue weighted by molar-refractivity contribution is 5.66. The number of nitrogens with zero attached hydrogens (tertiary/aromatic N) is 2. The lowest BCUT2D eigenvalue weighted by molar-refractivity contribution is -0.384. The molecule has 1 heterocycles. The van der Waals surface area contributed by atoms with Gasteiger partial charge in [0.25, 0.3) is 5.69 Å². The second kappa shape index (κ2) is 6.87. The van der Waals surface area contributed by atoms with Crippen LogP contribution in [0.1, 0.15) is 26.3 Å². The molecule has 1 fully saturated rings. The molecule has 0 bridgehead atoms. The van der Waals surface area contributed by atoms with Crippen LogP contribution in [0, 0.1) is 10.1 Å². The highest BCUT2D eigenvalue weighted by atomic mass is 16.6. The first-order valence-electron chi connectivity index (χ1n) is 7.39. The zero-order valence-electron chi connectivity index (χ0n) is 12.8. The van der Waals surface area contributed by atoms with Crippen LogP contribution in [0.2, 0.25) is 0 Å². The summed E-state index contributed by atoms with van der Waals surface area (Å²) in [6.45, 7) is 9.11. The molecule has 6 heteroatoms. The fraction of sp³-hybridized carbons (Fsp3) is 0.600. The summed E-state index contributed by atoms with van der Waals surface area (Å²) < 4.78 is 5.73. The van der Waals surface area contributed by atoms with Crippen molar-refractivity contribution in [1.82, 2.24) is 4.90 Å². The molecule has 6 nitrogen and oxygen atoms in total. The van der Waals surface area contributed by atoms with Crippen molar-refractivity contribution in [2.45, 2.75) is 39.5 Å². The molecule has 1 aromatic rings. The third-order valence-corrected chi connectivity index (χ3v) is 3.57. The molecule has 0 spiro atoms. The summed E-state index contributed by atoms with van der Waals surface area (Å²) in [6.07, 6.45) is 0.380. The van der Waals surface area contributed by atoms with Gasteiger partial charge in [-0.25, -0.2) is 0 Å². The number of rotatable bonds is 5. The molecule has 2 atom stereocenters. The molecular formula is C15H23N3O3. The van der Waals surface area contributed by atoms with E-state index in [1.54, 1.807) is 12.1 Å². The Balaban J connectivity index is 2.22. The molecule has 1 aliphatic rings. The fourth-order valence-corrected chi connectivity index (χ4v) is 2.91. The van der Waals surface area contributed by atoms with Gasteiger partial charge in [-0.1, -0.05) is 12.1 Å². The van der Waals surface area contributed by atoms with Gasteiger partial charge in [0.15, 0.2) is 0 Å². The summed E-state index contributed by atoms with van der Waals surface area (Å²) in [6, 6.07) is 5.25. The summed E-state index contributed by atoms with van der Waals surface area (Å²) in [4.78, 5) is 13.1. The lowest BCUT2D eigenvalue weighted by Gasteiger charge is -2.35. The predicted octanol–water partition coefficient (Wildman–Crippen LogP) is 2.64. The Morgan fingerprint density at radius 2 is 2.05 bits per heavy atom. The monoisotopic (exact) mass is 293 g/mol. The van der Waals surface area contributed by atoms with Crippen molar-refractivity contribution in [2.24, 2.45) is 0 Å². The fourth-order valence-electron chi connectivity index (χ4n) is 2.91. The van der Waals surface area contributed by atoms with Crippen LogP contribution in [-0.4, -0.2) is 41.7 Å². The average Bonchev–Trinajstić information content (AvgIpc) is 2.39. The molecule has 2 rings (SSSR count). The third kappa shape index (κ3) is 3.92. The van der Waals surface area contributed by atoms with Gasteiger partial charge in [-0.2, -0.15) is 0 Å². The lowest BCUT2D eigenvalue weighted by atomic mass is 10.1. The number of hydrogen-bond acceptors (Lipinski definition) is 5. The number of benzene rings is 1. The van der Waals surface area contributed by atoms with Gasteiger partial charge in [0.1, 0.15) is 5.69 Å². The Bertz CT molecular complexity index is 497. The first-order valence-corrected chi connectivity index (χ1v) is 7.39. The van der Waals surface area contributed by atoms with E-state index in [1.807, 2.05) is 13.0 Å². The van der Waals surface area contributed by atoms with Gasteiger partial charge in [0.05, 0.1) is 17.1 Å². The van der Waals surface area contributed by atoms with Gasteiger partial charge < -0.3 is 10.1 Å². The van der Waals surface area contributed by atoms with E-state index in [0.29, 0.717) is 18.8 Å². The maximum absolute atomic E-state index is 11.2. The zero-order valence-corrected chi connectivity index (χ0v) is 12.8. The van der Waals surface area contributed by atoms with E-state index < -0.39 is 0 Å². The first kappa shape index (κ1) is 15.7. The van der Waals surface area contributed by atoms with Gasteiger partial charge in [-0.05, 0) is 26.3 Å². The molecule has 0 aromatic heterocycles. The van der Waals surface area contributed by atoms with Crippen molar-refractivity contribution in [1.29, 1.82) is 0 Å². The molecule has 1 N–H and O–H groups in total. The Hall–Kier alpha value is -1.66. The van der Waals surface area contributed by atoms with E-state index in [-0.39, 0.29) is 22.8 Å². The molecule has 0 aliphatic carbocycles. The first-order chi connectivity index (χ1) is 10.0. The molecule has 0 amide bonds. The SMILES string of the molecule is CCNc1c(CN2C[C@@H](C)O[C@@H](C)C2)cccc1[N+](=O)[O-]. The summed E-state index contributed by atoms with van der Waals surface area (Å²) >= 11 is 0. The standard InChI is InChI=1S/C15H23N3O3/c1-4-16-15-13(6-5-7-14(15)18(19)20)10-17-8-11(2)21-12(3)9-17/h5-7,11-12,16H,4,8-10H2,1-3H3/t11-,12+. The number of nitro groups is 1. The van der Waals surface area contributed by atoms with Crippen molar-refractivity contribution >= 4 is 11.4 Å². The van der Waals surface area contributed by atoms with Gasteiger partial charge in [-0.15, -0.1) is 0 Å². The van der Waals surface area contributed by atoms with E-state index in [1.165, 1.54) is 0 Å². The highest BCUT2D eigenvalue weighted by Gasteiger charge is 2.24. The maximum Gasteiger partial charge on any atom is 0.292 e. The van der Waals surface area contributed by atoms with Gasteiger partial charge in [0.2, 0.25) is 0 Å². The second-order valence-electron chi connectivity index (χ2n) is 5.55. The summed E-state index contributed by atoms with van der Waals surface area (Å²) in [5, 5.41) is 14.3. The molecule has 21 heavy (non-hydrogen) atoms. The van der Waals surface area contributed by atoms with Crippen molar-refractivity contribution in [2.75, 3.05) is 25.0 Å². The van der Waals surface area contributed by atoms with E-state index in [9.17, 15) is 10.1 Å². The van der Waals surface area contributed by atoms with Gasteiger partial charge in [0, 0.05) is 32.2 Å². The molecule has 0 radical (unpaired) electrons. The van der Waals surface area contributed by atoms with Crippen LogP contribution in [0.3, 0.4) is 0 Å². The second-order valence-corrected chi connectivity index (χ2v) is 5.55. The van der Waals surface area contributed by atoms with E-state index in [2.05, 4.69) is 24.1 Å². The Morgan fingerprint density at radius 1 is 1.38 bits per heavy atom. The number of morpholine rings is 1. The lowest BCUT2D eigenvalue weighted by Crippen LogP contribution is -2.44. The molecule has 1 aliphatic heterocycles. The number of nitrogens with one attached hydrogen (secondary N) is 1. The highest BCUT2D eigenvalue weighted by Crippen LogP contribution is 2.29.